The molecule has 1 aliphatic carbocycles. The largest absolute Gasteiger partial charge is 0.507 e. The Bertz CT molecular complexity index is 945. The maximum absolute atomic E-state index is 13.5. The van der Waals surface area contributed by atoms with Crippen molar-refractivity contribution < 1.29 is 14.2 Å². The first kappa shape index (κ1) is 16.2. The minimum atomic E-state index is -0.682. The van der Waals surface area contributed by atoms with Crippen LogP contribution in [0.15, 0.2) is 36.7 Å². The maximum atomic E-state index is 13.5. The van der Waals surface area contributed by atoms with Gasteiger partial charge in [0.1, 0.15) is 11.4 Å². The fraction of sp³-hybridized carbons (Fsp3) is 0.222. The molecule has 2 heterocycles. The molecule has 3 aromatic rings. The molecule has 1 saturated carbocycles. The molecule has 0 radical (unpaired) electrons. The van der Waals surface area contributed by atoms with Crippen molar-refractivity contribution in [3.63, 3.8) is 0 Å². The highest BCUT2D eigenvalue weighted by Crippen LogP contribution is 2.33. The van der Waals surface area contributed by atoms with Crippen molar-refractivity contribution in [1.82, 2.24) is 20.2 Å². The van der Waals surface area contributed by atoms with Gasteiger partial charge in [0.05, 0.1) is 13.3 Å². The molecule has 1 aromatic carbocycles. The lowest BCUT2D eigenvalue weighted by atomic mass is 10.0. The summed E-state index contributed by atoms with van der Waals surface area (Å²) in [7, 11) is 1.37. The van der Waals surface area contributed by atoms with Gasteiger partial charge in [-0.25, -0.2) is 9.97 Å². The predicted octanol–water partition coefficient (Wildman–Crippen LogP) is 3.03. The van der Waals surface area contributed by atoms with E-state index in [1.54, 1.807) is 24.4 Å². The minimum absolute atomic E-state index is 0.0183. The van der Waals surface area contributed by atoms with Crippen LogP contribution in [0.5, 0.6) is 11.5 Å². The SMILES string of the molecule is COc1cc(-c2ccc(-c3cnc(NC4CC4)nn3)c(O)c2)cnc1F. The summed E-state index contributed by atoms with van der Waals surface area (Å²) in [4.78, 5) is 7.89. The summed E-state index contributed by atoms with van der Waals surface area (Å²) in [6.07, 6.45) is 5.19. The quantitative estimate of drug-likeness (QED) is 0.681. The average Bonchev–Trinajstić information content (AvgIpc) is 3.47. The molecule has 7 nitrogen and oxygen atoms in total. The van der Waals surface area contributed by atoms with E-state index < -0.39 is 5.95 Å². The molecule has 2 aromatic heterocycles. The molecule has 26 heavy (non-hydrogen) atoms. The van der Waals surface area contributed by atoms with Crippen molar-refractivity contribution >= 4 is 5.95 Å². The summed E-state index contributed by atoms with van der Waals surface area (Å²) in [6, 6.07) is 7.01. The molecule has 132 valence electrons. The lowest BCUT2D eigenvalue weighted by Gasteiger charge is -2.09. The fourth-order valence-electron chi connectivity index (χ4n) is 2.53. The van der Waals surface area contributed by atoms with Gasteiger partial charge in [0.15, 0.2) is 5.75 Å². The molecule has 0 aliphatic heterocycles. The van der Waals surface area contributed by atoms with Crippen molar-refractivity contribution in [2.24, 2.45) is 0 Å². The number of anilines is 1. The molecule has 0 spiro atoms. The van der Waals surface area contributed by atoms with Crippen LogP contribution >= 0.6 is 0 Å². The molecule has 2 N–H and O–H groups in total. The molecular formula is C18H16FN5O2. The average molecular weight is 353 g/mol. The van der Waals surface area contributed by atoms with Crippen molar-refractivity contribution in [2.45, 2.75) is 18.9 Å². The summed E-state index contributed by atoms with van der Waals surface area (Å²) < 4.78 is 18.4. The van der Waals surface area contributed by atoms with Crippen molar-refractivity contribution in [3.05, 3.63) is 42.6 Å². The van der Waals surface area contributed by atoms with E-state index in [1.165, 1.54) is 19.4 Å². The maximum Gasteiger partial charge on any atom is 0.255 e. The number of rotatable bonds is 5. The zero-order valence-corrected chi connectivity index (χ0v) is 14.0. The zero-order chi connectivity index (χ0) is 18.1. The normalized spacial score (nSPS) is 13.5. The number of nitrogens with one attached hydrogen (secondary N) is 1. The Balaban J connectivity index is 1.61. The van der Waals surface area contributed by atoms with Crippen LogP contribution in [0.2, 0.25) is 0 Å². The van der Waals surface area contributed by atoms with Crippen molar-refractivity contribution in [1.29, 1.82) is 0 Å². The Hall–Kier alpha value is -3.29. The zero-order valence-electron chi connectivity index (χ0n) is 14.0. The Morgan fingerprint density at radius 3 is 2.62 bits per heavy atom. The Labute approximate surface area is 148 Å². The van der Waals surface area contributed by atoms with E-state index in [2.05, 4.69) is 25.5 Å². The monoisotopic (exact) mass is 353 g/mol. The lowest BCUT2D eigenvalue weighted by Crippen LogP contribution is -2.06. The summed E-state index contributed by atoms with van der Waals surface area (Å²) in [5, 5.41) is 21.7. The van der Waals surface area contributed by atoms with Crippen LogP contribution < -0.4 is 10.1 Å². The number of hydrogen-bond acceptors (Lipinski definition) is 7. The third-order valence-electron chi connectivity index (χ3n) is 4.11. The van der Waals surface area contributed by atoms with E-state index >= 15 is 0 Å². The molecule has 0 atom stereocenters. The fourth-order valence-corrected chi connectivity index (χ4v) is 2.53. The first-order valence-electron chi connectivity index (χ1n) is 8.13. The molecule has 0 unspecified atom stereocenters. The number of pyridine rings is 1. The van der Waals surface area contributed by atoms with Gasteiger partial charge in [-0.2, -0.15) is 4.39 Å². The number of nitrogens with zero attached hydrogens (tertiary/aromatic N) is 4. The number of methoxy groups -OCH3 is 1. The van der Waals surface area contributed by atoms with Crippen LogP contribution in [0.4, 0.5) is 10.3 Å². The first-order valence-corrected chi connectivity index (χ1v) is 8.13. The molecule has 4 rings (SSSR count). The van der Waals surface area contributed by atoms with Crippen LogP contribution in [0.1, 0.15) is 12.8 Å². The number of aromatic hydroxyl groups is 1. The smallest absolute Gasteiger partial charge is 0.255 e. The van der Waals surface area contributed by atoms with Crippen LogP contribution in [0.3, 0.4) is 0 Å². The number of phenolic OH excluding ortho intramolecular Hbond substituents is 1. The Morgan fingerprint density at radius 2 is 1.96 bits per heavy atom. The third kappa shape index (κ3) is 3.26. The van der Waals surface area contributed by atoms with E-state index in [0.717, 1.165) is 12.8 Å². The Kier molecular flexibility index (Phi) is 4.08. The number of halogens is 1. The van der Waals surface area contributed by atoms with Gasteiger partial charge < -0.3 is 15.2 Å². The highest BCUT2D eigenvalue weighted by molar-refractivity contribution is 5.74. The van der Waals surface area contributed by atoms with Crippen LogP contribution in [-0.2, 0) is 0 Å². The number of aromatic nitrogens is 4. The molecule has 0 amide bonds. The summed E-state index contributed by atoms with van der Waals surface area (Å²) in [5.74, 6) is -0.139. The summed E-state index contributed by atoms with van der Waals surface area (Å²) in [6.45, 7) is 0. The van der Waals surface area contributed by atoms with Gasteiger partial charge >= 0.3 is 0 Å². The Morgan fingerprint density at radius 1 is 1.12 bits per heavy atom. The van der Waals surface area contributed by atoms with E-state index in [4.69, 9.17) is 4.74 Å². The molecule has 1 aliphatic rings. The number of hydrogen-bond donors (Lipinski definition) is 2. The topological polar surface area (TPSA) is 93.0 Å². The van der Waals surface area contributed by atoms with Gasteiger partial charge in [-0.3, -0.25) is 0 Å². The van der Waals surface area contributed by atoms with Crippen LogP contribution in [0.25, 0.3) is 22.4 Å². The molecule has 1 fully saturated rings. The van der Waals surface area contributed by atoms with Crippen molar-refractivity contribution in [2.75, 3.05) is 12.4 Å². The minimum Gasteiger partial charge on any atom is -0.507 e. The van der Waals surface area contributed by atoms with E-state index in [1.807, 2.05) is 0 Å². The highest BCUT2D eigenvalue weighted by atomic mass is 19.1. The highest BCUT2D eigenvalue weighted by Gasteiger charge is 2.22. The second-order valence-corrected chi connectivity index (χ2v) is 6.03. The molecular weight excluding hydrogens is 337 g/mol. The number of benzene rings is 1. The standard InChI is InChI=1S/C18H16FN5O2/c1-26-16-7-11(8-20-17(16)19)10-2-5-13(15(25)6-10)14-9-21-18(24-23-14)22-12-3-4-12/h2,5-9,12,25H,3-4H2,1H3,(H,21,22,24). The number of phenols is 1. The second-order valence-electron chi connectivity index (χ2n) is 6.03. The predicted molar refractivity (Wildman–Crippen MR) is 93.3 cm³/mol. The van der Waals surface area contributed by atoms with Crippen LogP contribution in [0, 0.1) is 5.95 Å². The lowest BCUT2D eigenvalue weighted by molar-refractivity contribution is 0.378. The van der Waals surface area contributed by atoms with Gasteiger partial charge in [-0.15, -0.1) is 10.2 Å². The van der Waals surface area contributed by atoms with Gasteiger partial charge in [-0.1, -0.05) is 6.07 Å². The van der Waals surface area contributed by atoms with Gasteiger partial charge in [0.2, 0.25) is 5.95 Å². The number of ether oxygens (including phenoxy) is 1. The van der Waals surface area contributed by atoms with Gasteiger partial charge in [-0.05, 0) is 36.6 Å². The summed E-state index contributed by atoms with van der Waals surface area (Å²) in [5.41, 5.74) is 2.27. The molecule has 0 bridgehead atoms. The van der Waals surface area contributed by atoms with Gasteiger partial charge in [0, 0.05) is 23.4 Å². The first-order chi connectivity index (χ1) is 12.6. The molecule has 8 heteroatoms. The summed E-state index contributed by atoms with van der Waals surface area (Å²) >= 11 is 0. The van der Waals surface area contributed by atoms with E-state index in [0.29, 0.717) is 34.4 Å². The van der Waals surface area contributed by atoms with E-state index in [9.17, 15) is 9.50 Å². The third-order valence-corrected chi connectivity index (χ3v) is 4.11. The van der Waals surface area contributed by atoms with E-state index in [-0.39, 0.29) is 11.5 Å². The van der Waals surface area contributed by atoms with Crippen molar-refractivity contribution in [3.8, 4) is 33.9 Å². The van der Waals surface area contributed by atoms with Gasteiger partial charge in [0.25, 0.3) is 5.95 Å². The second kappa shape index (κ2) is 6.55. The van der Waals surface area contributed by atoms with Crippen LogP contribution in [-0.4, -0.2) is 38.4 Å². The molecule has 0 saturated heterocycles.